The number of rotatable bonds is 21. The number of sulfone groups is 1. The third-order valence-corrected chi connectivity index (χ3v) is 30.1. The summed E-state index contributed by atoms with van der Waals surface area (Å²) >= 11 is 0. The summed E-state index contributed by atoms with van der Waals surface area (Å²) in [5.74, 6) is -14.1. The zero-order valence-corrected chi connectivity index (χ0v) is 74.9. The van der Waals surface area contributed by atoms with Crippen LogP contribution in [0.25, 0.3) is 25.1 Å². The molecule has 15 aromatic carbocycles. The maximum atomic E-state index is 13.6. The lowest BCUT2D eigenvalue weighted by Gasteiger charge is -2.21. The molecule has 0 bridgehead atoms. The van der Waals surface area contributed by atoms with E-state index >= 15 is 0 Å². The number of benzene rings is 15. The molecular formula is C105H80F10O14S5. The van der Waals surface area contributed by atoms with Crippen molar-refractivity contribution in [3.63, 3.8) is 0 Å². The van der Waals surface area contributed by atoms with E-state index in [0.717, 1.165) is 87.5 Å². The number of carbonyl (C=O) groups is 6. The Kier molecular flexibility index (Phi) is 38.8. The maximum Gasteiger partial charge on any atom is 0.208 e. The molecule has 16 aromatic rings. The van der Waals surface area contributed by atoms with E-state index in [2.05, 4.69) is 65.4 Å². The second kappa shape index (κ2) is 51.0. The number of carbonyl (C=O) groups excluding carboxylic acids is 6. The van der Waals surface area contributed by atoms with Crippen LogP contribution in [0.3, 0.4) is 0 Å². The van der Waals surface area contributed by atoms with Crippen LogP contribution in [-0.4, -0.2) is 69.4 Å². The number of carboxylic acid groups (broad SMARTS) is 4. The Morgan fingerprint density at radius 1 is 0.313 bits per heavy atom. The maximum absolute atomic E-state index is 13.6. The van der Waals surface area contributed by atoms with Crippen molar-refractivity contribution in [2.45, 2.75) is 86.3 Å². The smallest absolute Gasteiger partial charge is 0.208 e. The van der Waals surface area contributed by atoms with Crippen LogP contribution in [0.4, 0.5) is 43.9 Å². The van der Waals surface area contributed by atoms with Gasteiger partial charge in [0, 0.05) is 130 Å². The molecule has 0 aliphatic heterocycles. The van der Waals surface area contributed by atoms with Gasteiger partial charge in [0.05, 0.1) is 61.4 Å². The van der Waals surface area contributed by atoms with Crippen LogP contribution in [0, 0.1) is 58.2 Å². The molecular weight excluding hydrogens is 1840 g/mol. The second-order valence-electron chi connectivity index (χ2n) is 28.5. The van der Waals surface area contributed by atoms with Crippen molar-refractivity contribution in [3.05, 3.63) is 445 Å². The van der Waals surface area contributed by atoms with Gasteiger partial charge >= 0.3 is 0 Å². The molecule has 0 saturated heterocycles. The summed E-state index contributed by atoms with van der Waals surface area (Å²) in [7, 11) is -4.65. The lowest BCUT2D eigenvalue weighted by Crippen LogP contribution is -2.31. The molecule has 1 fully saturated rings. The van der Waals surface area contributed by atoms with E-state index in [-0.39, 0.29) is 33.9 Å². The average molecular weight is 1920 g/mol. The quantitative estimate of drug-likeness (QED) is 0.0281. The molecule has 29 heteroatoms. The van der Waals surface area contributed by atoms with Crippen molar-refractivity contribution in [2.75, 3.05) is 20.3 Å². The van der Waals surface area contributed by atoms with Gasteiger partial charge in [-0.2, -0.15) is 0 Å². The second-order valence-corrected chi connectivity index (χ2v) is 38.8. The fourth-order valence-corrected chi connectivity index (χ4v) is 24.0. The molecule has 0 N–H and O–H groups in total. The fourth-order valence-electron chi connectivity index (χ4n) is 13.3. The van der Waals surface area contributed by atoms with Gasteiger partial charge in [0.25, 0.3) is 0 Å². The normalized spacial score (nSPS) is 11.4. The molecule has 0 radical (unpaired) electrons. The number of hydrogen-bond acceptors (Lipinski definition) is 14. The standard InChI is InChI=1S/C24H25O2S2.2C18H11F4S.C18H11F2S.C8H8O3.2C8H6O3.C3H6O3/c25-28(26,23-14-8-3-9-15-23)24-18-16-22(17-19-24)27(20-10-4-1-5-11-20)21-12-6-2-7-13-21;2*19-12-6-13(20)9-17(8-12)23(16-4-2-1-3-5-16)18-10-14(21)7-15(22)11-18;19-12-9-13(20)11-14(10-12)21-17-7-3-1-5-15(17)16-6-2-4-8-18(16)21;9-8(10)6-11-7-4-2-1-3-5-7;2*9-7(8(10)11)6-4-2-1-3-5-6;1-6-2-3(4)5/h1-2,4-7,10-13,16-19,23H,3,8-9,14-15H2;2*1-11H;1-11H;1-5H,6H2,(H,9,10);2*1-5H,(H,10,11);2H2,1H3,(H,4,5)/q4*+1;;;;/p-4. The van der Waals surface area contributed by atoms with Crippen molar-refractivity contribution in [2.24, 2.45) is 0 Å². The summed E-state index contributed by atoms with van der Waals surface area (Å²) < 4.78 is 173. The number of fused-ring (bicyclic) bond motifs is 3. The third kappa shape index (κ3) is 30.4. The first-order valence-electron chi connectivity index (χ1n) is 40.6. The number of para-hydroxylation sites is 1. The number of aliphatic carboxylic acids is 4. The van der Waals surface area contributed by atoms with E-state index in [4.69, 9.17) is 4.74 Å². The Bertz CT molecular complexity index is 6220. The molecule has 14 nitrogen and oxygen atoms in total. The van der Waals surface area contributed by atoms with E-state index in [1.807, 2.05) is 78.9 Å². The number of carboxylic acids is 4. The van der Waals surface area contributed by atoms with E-state index < -0.39 is 142 Å². The topological polar surface area (TPSA) is 247 Å². The molecule has 1 heterocycles. The van der Waals surface area contributed by atoms with Crippen LogP contribution < -0.4 is 25.2 Å². The summed E-state index contributed by atoms with van der Waals surface area (Å²) in [6, 6.07) is 103. The zero-order chi connectivity index (χ0) is 96.2. The first-order valence-corrected chi connectivity index (χ1v) is 47.1. The summed E-state index contributed by atoms with van der Waals surface area (Å²) in [5, 5.41) is 41.5. The summed E-state index contributed by atoms with van der Waals surface area (Å²) in [4.78, 5) is 68.2. The number of Topliss-reactive ketones (excluding diaryl/α,β-unsaturated/α-hetero) is 2. The first-order chi connectivity index (χ1) is 64.4. The van der Waals surface area contributed by atoms with E-state index in [1.54, 1.807) is 121 Å². The van der Waals surface area contributed by atoms with E-state index in [0.29, 0.717) is 44.9 Å². The Morgan fingerprint density at radius 3 is 0.858 bits per heavy atom. The first kappa shape index (κ1) is 102. The highest BCUT2D eigenvalue weighted by atomic mass is 32.2. The van der Waals surface area contributed by atoms with Gasteiger partial charge in [0.2, 0.25) is 11.6 Å². The van der Waals surface area contributed by atoms with Gasteiger partial charge in [-0.1, -0.05) is 195 Å². The number of ketones is 2. The van der Waals surface area contributed by atoms with Gasteiger partial charge < -0.3 is 49.1 Å². The Morgan fingerprint density at radius 2 is 0.575 bits per heavy atom. The highest BCUT2D eigenvalue weighted by Gasteiger charge is 2.35. The molecule has 0 amide bonds. The van der Waals surface area contributed by atoms with Crippen molar-refractivity contribution in [1.29, 1.82) is 0 Å². The van der Waals surface area contributed by atoms with Crippen molar-refractivity contribution in [1.82, 2.24) is 0 Å². The minimum absolute atomic E-state index is 0.146. The minimum Gasteiger partial charge on any atom is -0.548 e. The van der Waals surface area contributed by atoms with Gasteiger partial charge in [-0.3, -0.25) is 9.59 Å². The van der Waals surface area contributed by atoms with Crippen molar-refractivity contribution >= 4 is 109 Å². The molecule has 1 aliphatic carbocycles. The number of halogens is 10. The van der Waals surface area contributed by atoms with Crippen molar-refractivity contribution in [3.8, 4) is 10.6 Å². The predicted molar refractivity (Wildman–Crippen MR) is 489 cm³/mol. The van der Waals surface area contributed by atoms with E-state index in [1.165, 1.54) is 102 Å². The number of ether oxygens (including phenoxy) is 2. The molecule has 134 heavy (non-hydrogen) atoms. The van der Waals surface area contributed by atoms with Crippen LogP contribution in [-0.2, 0) is 66.4 Å². The fraction of sp³-hybridized carbons (Fsp3) is 0.0857. The average Bonchev–Trinajstić information content (AvgIpc) is 1.59. The SMILES string of the molecule is COCC(=O)[O-].Fc1cc(F)cc(-[s+]2c3ccccc3c3ccccc32)c1.Fc1cc(F)cc([S+](c2ccccc2)c2cc(F)cc(F)c2)c1.Fc1cc(F)cc([S+](c2ccccc2)c2cc(F)cc(F)c2)c1.O=C([O-])C(=O)c1ccccc1.O=C([O-])C(=O)c1ccccc1.O=C([O-])COc1ccccc1.O=S(=O)(c1ccc([S+](c2ccccc2)c2ccccc2)cc1)C1CCCCC1. The molecule has 1 saturated carbocycles. The van der Waals surface area contributed by atoms with Gasteiger partial charge in [-0.15, -0.1) is 0 Å². The Hall–Kier alpha value is -14.2. The van der Waals surface area contributed by atoms with Gasteiger partial charge in [0.1, 0.15) is 82.5 Å². The molecule has 1 aromatic heterocycles. The van der Waals surface area contributed by atoms with E-state index in [9.17, 15) is 102 Å². The summed E-state index contributed by atoms with van der Waals surface area (Å²) in [6.45, 7) is -0.718. The minimum atomic E-state index is -3.23. The number of hydrogen-bond donors (Lipinski definition) is 0. The molecule has 17 rings (SSSR count). The predicted octanol–water partition coefficient (Wildman–Crippen LogP) is 20.0. The number of methoxy groups -OCH3 is 1. The molecule has 0 spiro atoms. The Labute approximate surface area is 777 Å². The summed E-state index contributed by atoms with van der Waals surface area (Å²) in [5.41, 5.74) is 0.292. The lowest BCUT2D eigenvalue weighted by molar-refractivity contribution is -0.309. The Balaban J connectivity index is 0.000000164. The number of thiophene rings is 1. The van der Waals surface area contributed by atoms with Crippen molar-refractivity contribution < 1.29 is 111 Å². The molecule has 1 aliphatic rings. The van der Waals surface area contributed by atoms with Gasteiger partial charge in [-0.05, 0) is 122 Å². The highest BCUT2D eigenvalue weighted by Crippen LogP contribution is 2.49. The van der Waals surface area contributed by atoms with Crippen LogP contribution in [0.2, 0.25) is 0 Å². The van der Waals surface area contributed by atoms with Crippen LogP contribution in [0.5, 0.6) is 5.75 Å². The third-order valence-electron chi connectivity index (χ3n) is 19.0. The zero-order valence-electron chi connectivity index (χ0n) is 70.9. The summed E-state index contributed by atoms with van der Waals surface area (Å²) in [6.07, 6.45) is 4.79. The van der Waals surface area contributed by atoms with Crippen LogP contribution in [0.1, 0.15) is 52.8 Å². The van der Waals surface area contributed by atoms with Gasteiger partial charge in [0.15, 0.2) is 68.2 Å². The molecule has 0 unspecified atom stereocenters. The van der Waals surface area contributed by atoms with Crippen LogP contribution >= 0.6 is 10.5 Å². The molecule has 684 valence electrons. The molecule has 0 atom stereocenters. The van der Waals surface area contributed by atoms with Gasteiger partial charge in [-0.25, -0.2) is 52.3 Å². The lowest BCUT2D eigenvalue weighted by atomic mass is 10.0. The largest absolute Gasteiger partial charge is 0.548 e. The highest BCUT2D eigenvalue weighted by molar-refractivity contribution is 7.97. The monoisotopic (exact) mass is 1910 g/mol. The van der Waals surface area contributed by atoms with Crippen LogP contribution in [0.15, 0.2) is 425 Å².